The van der Waals surface area contributed by atoms with E-state index in [2.05, 4.69) is 5.32 Å². The standard InChI is InChI=1S/C23H24ClN3O2/c24-18-10-12-19(13-11-18)25-20(28)16-27-22(29)21(17-8-4-3-5-9-17)26-23(27)14-6-1-2-7-15-23/h3-5,8-13H,1-2,6-7,14-16H2,(H,25,28). The van der Waals surface area contributed by atoms with Crippen molar-refractivity contribution in [2.45, 2.75) is 44.2 Å². The molecule has 0 atom stereocenters. The third-order valence-corrected chi connectivity index (χ3v) is 5.90. The van der Waals surface area contributed by atoms with Crippen molar-refractivity contribution in [2.24, 2.45) is 4.99 Å². The van der Waals surface area contributed by atoms with Crippen molar-refractivity contribution in [1.82, 2.24) is 4.90 Å². The van der Waals surface area contributed by atoms with Gasteiger partial charge in [-0.25, -0.2) is 0 Å². The SMILES string of the molecule is O=C(CN1C(=O)C(c2ccccc2)=NC12CCCCCC2)Nc1ccc(Cl)cc1. The Kier molecular flexibility index (Phi) is 5.67. The van der Waals surface area contributed by atoms with Crippen LogP contribution >= 0.6 is 11.6 Å². The maximum absolute atomic E-state index is 13.3. The topological polar surface area (TPSA) is 61.8 Å². The van der Waals surface area contributed by atoms with Crippen LogP contribution < -0.4 is 5.32 Å². The van der Waals surface area contributed by atoms with E-state index in [1.165, 1.54) is 0 Å². The summed E-state index contributed by atoms with van der Waals surface area (Å²) < 4.78 is 0. The zero-order valence-corrected chi connectivity index (χ0v) is 17.0. The molecule has 0 bridgehead atoms. The minimum atomic E-state index is -0.615. The van der Waals surface area contributed by atoms with Crippen molar-refractivity contribution < 1.29 is 9.59 Å². The minimum Gasteiger partial charge on any atom is -0.325 e. The highest BCUT2D eigenvalue weighted by Crippen LogP contribution is 2.38. The lowest BCUT2D eigenvalue weighted by atomic mass is 10.00. The average molecular weight is 410 g/mol. The monoisotopic (exact) mass is 409 g/mol. The number of carbonyl (C=O) groups is 2. The molecule has 1 heterocycles. The second kappa shape index (κ2) is 8.37. The van der Waals surface area contributed by atoms with E-state index >= 15 is 0 Å². The van der Waals surface area contributed by atoms with E-state index < -0.39 is 5.66 Å². The lowest BCUT2D eigenvalue weighted by Gasteiger charge is -2.35. The normalized spacial score (nSPS) is 18.4. The van der Waals surface area contributed by atoms with Crippen LogP contribution in [0.5, 0.6) is 0 Å². The molecule has 0 saturated heterocycles. The molecular formula is C23H24ClN3O2. The van der Waals surface area contributed by atoms with Crippen LogP contribution in [0.4, 0.5) is 5.69 Å². The Labute approximate surface area is 175 Å². The van der Waals surface area contributed by atoms with Gasteiger partial charge in [-0.1, -0.05) is 54.8 Å². The molecule has 0 unspecified atom stereocenters. The minimum absolute atomic E-state index is 0.0126. The van der Waals surface area contributed by atoms with Crippen LogP contribution in [0.15, 0.2) is 59.6 Å². The number of benzene rings is 2. The number of nitrogens with zero attached hydrogens (tertiary/aromatic N) is 2. The molecule has 6 heteroatoms. The van der Waals surface area contributed by atoms with E-state index in [-0.39, 0.29) is 18.4 Å². The first kappa shape index (κ1) is 19.6. The van der Waals surface area contributed by atoms with Crippen LogP contribution in [0, 0.1) is 0 Å². The second-order valence-electron chi connectivity index (χ2n) is 7.67. The van der Waals surface area contributed by atoms with E-state index in [0.717, 1.165) is 44.1 Å². The van der Waals surface area contributed by atoms with Gasteiger partial charge in [-0.05, 0) is 49.9 Å². The van der Waals surface area contributed by atoms with Gasteiger partial charge in [-0.2, -0.15) is 0 Å². The van der Waals surface area contributed by atoms with Crippen molar-refractivity contribution in [3.8, 4) is 0 Å². The van der Waals surface area contributed by atoms with Crippen molar-refractivity contribution >= 4 is 34.8 Å². The van der Waals surface area contributed by atoms with Gasteiger partial charge in [0.2, 0.25) is 5.91 Å². The zero-order chi connectivity index (χ0) is 20.3. The molecule has 1 saturated carbocycles. The molecule has 2 aromatic carbocycles. The molecule has 4 rings (SSSR count). The molecule has 2 amide bonds. The fourth-order valence-electron chi connectivity index (χ4n) is 4.19. The highest BCUT2D eigenvalue weighted by molar-refractivity contribution is 6.47. The maximum Gasteiger partial charge on any atom is 0.275 e. The van der Waals surface area contributed by atoms with Gasteiger partial charge in [0.05, 0.1) is 0 Å². The molecule has 1 N–H and O–H groups in total. The first-order valence-corrected chi connectivity index (χ1v) is 10.5. The number of hydrogen-bond donors (Lipinski definition) is 1. The van der Waals surface area contributed by atoms with E-state index in [0.29, 0.717) is 16.4 Å². The molecule has 2 aliphatic rings. The number of amides is 2. The molecule has 1 aliphatic carbocycles. The summed E-state index contributed by atoms with van der Waals surface area (Å²) in [7, 11) is 0. The number of aliphatic imine (C=N–C) groups is 1. The first-order valence-electron chi connectivity index (χ1n) is 10.1. The number of rotatable bonds is 4. The van der Waals surface area contributed by atoms with Gasteiger partial charge in [-0.15, -0.1) is 0 Å². The van der Waals surface area contributed by atoms with Crippen LogP contribution in [0.3, 0.4) is 0 Å². The Balaban J connectivity index is 1.59. The number of anilines is 1. The van der Waals surface area contributed by atoms with E-state index in [1.54, 1.807) is 29.2 Å². The summed E-state index contributed by atoms with van der Waals surface area (Å²) in [6.07, 6.45) is 5.88. The van der Waals surface area contributed by atoms with Crippen molar-refractivity contribution in [2.75, 3.05) is 11.9 Å². The highest BCUT2D eigenvalue weighted by Gasteiger charge is 2.47. The fraction of sp³-hybridized carbons (Fsp3) is 0.348. The van der Waals surface area contributed by atoms with Gasteiger partial charge in [0.1, 0.15) is 17.9 Å². The predicted octanol–water partition coefficient (Wildman–Crippen LogP) is 4.66. The summed E-state index contributed by atoms with van der Waals surface area (Å²) in [5.74, 6) is -0.391. The molecular weight excluding hydrogens is 386 g/mol. The molecule has 2 aromatic rings. The molecule has 5 nitrogen and oxygen atoms in total. The van der Waals surface area contributed by atoms with Gasteiger partial charge < -0.3 is 10.2 Å². The number of nitrogens with one attached hydrogen (secondary N) is 1. The summed E-state index contributed by atoms with van der Waals surface area (Å²) in [5.41, 5.74) is 1.31. The number of hydrogen-bond acceptors (Lipinski definition) is 3. The lowest BCUT2D eigenvalue weighted by molar-refractivity contribution is -0.133. The summed E-state index contributed by atoms with van der Waals surface area (Å²) in [6, 6.07) is 16.5. The molecule has 150 valence electrons. The maximum atomic E-state index is 13.3. The summed E-state index contributed by atoms with van der Waals surface area (Å²) in [5, 5.41) is 3.47. The lowest BCUT2D eigenvalue weighted by Crippen LogP contribution is -2.50. The van der Waals surface area contributed by atoms with E-state index in [1.807, 2.05) is 30.3 Å². The summed E-state index contributed by atoms with van der Waals surface area (Å²) in [4.78, 5) is 32.7. The van der Waals surface area contributed by atoms with Gasteiger partial charge in [0.25, 0.3) is 5.91 Å². The van der Waals surface area contributed by atoms with E-state index in [4.69, 9.17) is 16.6 Å². The van der Waals surface area contributed by atoms with Crippen LogP contribution in [-0.2, 0) is 9.59 Å². The van der Waals surface area contributed by atoms with Gasteiger partial charge in [0.15, 0.2) is 0 Å². The molecule has 0 radical (unpaired) electrons. The molecule has 1 spiro atoms. The molecule has 1 aliphatic heterocycles. The number of carbonyl (C=O) groups excluding carboxylic acids is 2. The Hall–Kier alpha value is -2.66. The summed E-state index contributed by atoms with van der Waals surface area (Å²) >= 11 is 5.91. The smallest absolute Gasteiger partial charge is 0.275 e. The van der Waals surface area contributed by atoms with Gasteiger partial charge in [0, 0.05) is 16.3 Å². The third kappa shape index (κ3) is 4.20. The molecule has 1 fully saturated rings. The second-order valence-corrected chi connectivity index (χ2v) is 8.11. The van der Waals surface area contributed by atoms with Crippen LogP contribution in [-0.4, -0.2) is 34.6 Å². The molecule has 29 heavy (non-hydrogen) atoms. The quantitative estimate of drug-likeness (QED) is 0.798. The summed E-state index contributed by atoms with van der Waals surface area (Å²) in [6.45, 7) is -0.0126. The predicted molar refractivity (Wildman–Crippen MR) is 115 cm³/mol. The van der Waals surface area contributed by atoms with Crippen molar-refractivity contribution in [3.63, 3.8) is 0 Å². The third-order valence-electron chi connectivity index (χ3n) is 5.65. The van der Waals surface area contributed by atoms with Crippen LogP contribution in [0.1, 0.15) is 44.1 Å². The fourth-order valence-corrected chi connectivity index (χ4v) is 4.32. The Morgan fingerprint density at radius 1 is 1.00 bits per heavy atom. The first-order chi connectivity index (χ1) is 14.1. The Morgan fingerprint density at radius 3 is 2.31 bits per heavy atom. The van der Waals surface area contributed by atoms with Gasteiger partial charge in [-0.3, -0.25) is 14.6 Å². The highest BCUT2D eigenvalue weighted by atomic mass is 35.5. The largest absolute Gasteiger partial charge is 0.325 e. The zero-order valence-electron chi connectivity index (χ0n) is 16.2. The van der Waals surface area contributed by atoms with Crippen LogP contribution in [0.25, 0.3) is 0 Å². The van der Waals surface area contributed by atoms with E-state index in [9.17, 15) is 9.59 Å². The Bertz CT molecular complexity index is 917. The van der Waals surface area contributed by atoms with Crippen molar-refractivity contribution in [3.05, 3.63) is 65.2 Å². The average Bonchev–Trinajstić information content (AvgIpc) is 2.88. The van der Waals surface area contributed by atoms with Gasteiger partial charge >= 0.3 is 0 Å². The Morgan fingerprint density at radius 2 is 1.66 bits per heavy atom. The van der Waals surface area contributed by atoms with Crippen LogP contribution in [0.2, 0.25) is 5.02 Å². The van der Waals surface area contributed by atoms with Crippen molar-refractivity contribution in [1.29, 1.82) is 0 Å². The number of halogens is 1. The molecule has 0 aromatic heterocycles.